The van der Waals surface area contributed by atoms with Gasteiger partial charge in [-0.25, -0.2) is 4.39 Å². The van der Waals surface area contributed by atoms with Gasteiger partial charge in [-0.05, 0) is 57.9 Å². The van der Waals surface area contributed by atoms with Crippen molar-refractivity contribution >= 4 is 27.5 Å². The highest BCUT2D eigenvalue weighted by atomic mass is 79.9. The Morgan fingerprint density at radius 2 is 1.95 bits per heavy atom. The first kappa shape index (κ1) is 15.3. The van der Waals surface area contributed by atoms with Crippen LogP contribution in [-0.4, -0.2) is 12.5 Å². The fraction of sp³-hybridized carbons (Fsp3) is 0.133. The molecule has 110 valence electrons. The molecule has 6 heteroatoms. The van der Waals surface area contributed by atoms with Crippen molar-refractivity contribution in [1.82, 2.24) is 0 Å². The average molecular weight is 353 g/mol. The number of carbonyl (C=O) groups excluding carboxylic acids is 1. The number of anilines is 1. The molecule has 0 unspecified atom stereocenters. The number of primary amides is 1. The van der Waals surface area contributed by atoms with Crippen molar-refractivity contribution in [3.63, 3.8) is 0 Å². The molecule has 1 amide bonds. The van der Waals surface area contributed by atoms with Crippen molar-refractivity contribution in [2.24, 2.45) is 5.73 Å². The number of halogens is 2. The maximum absolute atomic E-state index is 13.4. The van der Waals surface area contributed by atoms with Gasteiger partial charge in [-0.3, -0.25) is 4.79 Å². The zero-order valence-electron chi connectivity index (χ0n) is 11.1. The minimum atomic E-state index is -0.519. The van der Waals surface area contributed by atoms with E-state index in [4.69, 9.17) is 10.5 Å². The molecule has 0 aliphatic heterocycles. The average Bonchev–Trinajstić information content (AvgIpc) is 2.47. The first-order valence-electron chi connectivity index (χ1n) is 6.23. The number of nitrogens with two attached hydrogens (primary N) is 1. The van der Waals surface area contributed by atoms with E-state index >= 15 is 0 Å². The summed E-state index contributed by atoms with van der Waals surface area (Å²) in [7, 11) is 0. The number of amides is 1. The maximum atomic E-state index is 13.4. The molecular formula is C15H14BrFN2O2. The maximum Gasteiger partial charge on any atom is 0.255 e. The second-order valence-electron chi connectivity index (χ2n) is 4.38. The van der Waals surface area contributed by atoms with Crippen LogP contribution < -0.4 is 15.8 Å². The Hall–Kier alpha value is -2.08. The Morgan fingerprint density at radius 3 is 2.57 bits per heavy atom. The largest absolute Gasteiger partial charge is 0.484 e. The van der Waals surface area contributed by atoms with Gasteiger partial charge in [0, 0.05) is 12.2 Å². The summed E-state index contributed by atoms with van der Waals surface area (Å²) in [6.07, 6.45) is 0. The van der Waals surface area contributed by atoms with Crippen molar-refractivity contribution < 1.29 is 13.9 Å². The summed E-state index contributed by atoms with van der Waals surface area (Å²) in [6, 6.07) is 12.1. The van der Waals surface area contributed by atoms with Crippen LogP contribution in [0.25, 0.3) is 0 Å². The Labute approximate surface area is 130 Å². The minimum absolute atomic E-state index is 0.148. The van der Waals surface area contributed by atoms with Gasteiger partial charge in [-0.1, -0.05) is 6.07 Å². The van der Waals surface area contributed by atoms with Crippen LogP contribution in [0.4, 0.5) is 10.1 Å². The zero-order chi connectivity index (χ0) is 15.2. The van der Waals surface area contributed by atoms with Crippen LogP contribution >= 0.6 is 15.9 Å². The van der Waals surface area contributed by atoms with Crippen LogP contribution in [0.3, 0.4) is 0 Å². The van der Waals surface area contributed by atoms with E-state index in [-0.39, 0.29) is 12.4 Å². The second-order valence-corrected chi connectivity index (χ2v) is 5.24. The van der Waals surface area contributed by atoms with E-state index in [0.717, 1.165) is 11.3 Å². The van der Waals surface area contributed by atoms with Crippen molar-refractivity contribution in [3.8, 4) is 5.75 Å². The molecule has 0 saturated heterocycles. The first-order valence-corrected chi connectivity index (χ1v) is 7.03. The van der Waals surface area contributed by atoms with Crippen LogP contribution in [-0.2, 0) is 11.3 Å². The zero-order valence-corrected chi connectivity index (χ0v) is 12.7. The molecule has 0 bridgehead atoms. The molecular weight excluding hydrogens is 339 g/mol. The molecule has 3 N–H and O–H groups in total. The molecule has 0 radical (unpaired) electrons. The Bertz CT molecular complexity index is 632. The fourth-order valence-electron chi connectivity index (χ4n) is 1.68. The molecule has 21 heavy (non-hydrogen) atoms. The number of nitrogens with one attached hydrogen (secondary N) is 1. The molecule has 0 fully saturated rings. The molecule has 0 saturated carbocycles. The number of hydrogen-bond donors (Lipinski definition) is 2. The summed E-state index contributed by atoms with van der Waals surface area (Å²) in [5.41, 5.74) is 6.70. The standard InChI is InChI=1S/C15H14BrFN2O2/c16-13-6-1-10(7-14(13)17)8-19-11-2-4-12(5-3-11)21-9-15(18)20/h1-7,19H,8-9H2,(H2,18,20). The topological polar surface area (TPSA) is 64.4 Å². The molecule has 0 spiro atoms. The van der Waals surface area contributed by atoms with Crippen molar-refractivity contribution in [2.75, 3.05) is 11.9 Å². The number of benzene rings is 2. The number of hydrogen-bond acceptors (Lipinski definition) is 3. The summed E-state index contributed by atoms with van der Waals surface area (Å²) in [4.78, 5) is 10.6. The molecule has 4 nitrogen and oxygen atoms in total. The summed E-state index contributed by atoms with van der Waals surface area (Å²) in [6.45, 7) is 0.358. The quantitative estimate of drug-likeness (QED) is 0.839. The molecule has 2 aromatic carbocycles. The van der Waals surface area contributed by atoms with E-state index in [1.165, 1.54) is 6.07 Å². The van der Waals surface area contributed by atoms with E-state index < -0.39 is 5.91 Å². The number of ether oxygens (including phenoxy) is 1. The van der Waals surface area contributed by atoms with E-state index in [0.29, 0.717) is 16.8 Å². The summed E-state index contributed by atoms with van der Waals surface area (Å²) in [5.74, 6) is -0.243. The molecule has 0 aliphatic carbocycles. The Morgan fingerprint density at radius 1 is 1.24 bits per heavy atom. The van der Waals surface area contributed by atoms with Gasteiger partial charge in [-0.15, -0.1) is 0 Å². The lowest BCUT2D eigenvalue weighted by Gasteiger charge is -2.09. The van der Waals surface area contributed by atoms with Crippen LogP contribution in [0.5, 0.6) is 5.75 Å². The lowest BCUT2D eigenvalue weighted by Crippen LogP contribution is -2.19. The first-order chi connectivity index (χ1) is 10.0. The van der Waals surface area contributed by atoms with Crippen molar-refractivity contribution in [2.45, 2.75) is 6.54 Å². The summed E-state index contributed by atoms with van der Waals surface area (Å²) >= 11 is 3.12. The molecule has 2 rings (SSSR count). The van der Waals surface area contributed by atoms with Gasteiger partial charge in [0.15, 0.2) is 6.61 Å². The lowest BCUT2D eigenvalue weighted by atomic mass is 10.2. The van der Waals surface area contributed by atoms with Crippen LogP contribution in [0.1, 0.15) is 5.56 Å². The highest BCUT2D eigenvalue weighted by Crippen LogP contribution is 2.19. The monoisotopic (exact) mass is 352 g/mol. The van der Waals surface area contributed by atoms with Crippen molar-refractivity contribution in [3.05, 3.63) is 58.3 Å². The fourth-order valence-corrected chi connectivity index (χ4v) is 1.92. The van der Waals surface area contributed by atoms with Gasteiger partial charge in [0.1, 0.15) is 11.6 Å². The lowest BCUT2D eigenvalue weighted by molar-refractivity contribution is -0.119. The van der Waals surface area contributed by atoms with E-state index in [2.05, 4.69) is 21.2 Å². The van der Waals surface area contributed by atoms with Gasteiger partial charge in [0.2, 0.25) is 0 Å². The van der Waals surface area contributed by atoms with Crippen molar-refractivity contribution in [1.29, 1.82) is 0 Å². The van der Waals surface area contributed by atoms with Gasteiger partial charge < -0.3 is 15.8 Å². The Kier molecular flexibility index (Phi) is 5.16. The number of rotatable bonds is 6. The van der Waals surface area contributed by atoms with Crippen LogP contribution in [0.2, 0.25) is 0 Å². The Balaban J connectivity index is 1.91. The molecule has 0 aromatic heterocycles. The predicted molar refractivity (Wildman–Crippen MR) is 82.6 cm³/mol. The summed E-state index contributed by atoms with van der Waals surface area (Å²) < 4.78 is 19.0. The smallest absolute Gasteiger partial charge is 0.255 e. The van der Waals surface area contributed by atoms with Gasteiger partial charge in [0.05, 0.1) is 4.47 Å². The highest BCUT2D eigenvalue weighted by molar-refractivity contribution is 9.10. The third-order valence-electron chi connectivity index (χ3n) is 2.72. The van der Waals surface area contributed by atoms with Crippen LogP contribution in [0.15, 0.2) is 46.9 Å². The molecule has 0 heterocycles. The number of carbonyl (C=O) groups is 1. The highest BCUT2D eigenvalue weighted by Gasteiger charge is 2.01. The van der Waals surface area contributed by atoms with E-state index in [1.807, 2.05) is 18.2 Å². The van der Waals surface area contributed by atoms with E-state index in [1.54, 1.807) is 18.2 Å². The van der Waals surface area contributed by atoms with Gasteiger partial charge >= 0.3 is 0 Å². The van der Waals surface area contributed by atoms with Gasteiger partial charge in [0.25, 0.3) is 5.91 Å². The minimum Gasteiger partial charge on any atom is -0.484 e. The normalized spacial score (nSPS) is 10.2. The van der Waals surface area contributed by atoms with Gasteiger partial charge in [-0.2, -0.15) is 0 Å². The second kappa shape index (κ2) is 7.08. The third-order valence-corrected chi connectivity index (χ3v) is 3.36. The molecule has 0 aliphatic rings. The van der Waals surface area contributed by atoms with Crippen LogP contribution in [0, 0.1) is 5.82 Å². The third kappa shape index (κ3) is 4.75. The van der Waals surface area contributed by atoms with E-state index in [9.17, 15) is 9.18 Å². The summed E-state index contributed by atoms with van der Waals surface area (Å²) in [5, 5.41) is 3.17. The SMILES string of the molecule is NC(=O)COc1ccc(NCc2ccc(Br)c(F)c2)cc1. The predicted octanol–water partition coefficient (Wildman–Crippen LogP) is 3.06. The molecule has 0 atom stereocenters. The molecule has 2 aromatic rings.